The van der Waals surface area contributed by atoms with E-state index in [1.807, 2.05) is 62.3 Å². The van der Waals surface area contributed by atoms with Gasteiger partial charge in [-0.25, -0.2) is 0 Å². The molecule has 1 fully saturated rings. The highest BCUT2D eigenvalue weighted by Crippen LogP contribution is 2.34. The number of hydrogen-bond donors (Lipinski definition) is 1. The van der Waals surface area contributed by atoms with Gasteiger partial charge in [0.25, 0.3) is 5.91 Å². The molecule has 0 bridgehead atoms. The molecule has 0 atom stereocenters. The number of phenols is 1. The molecule has 0 aliphatic carbocycles. The molecule has 1 amide bonds. The summed E-state index contributed by atoms with van der Waals surface area (Å²) in [4.78, 5) is 17.3. The fourth-order valence-electron chi connectivity index (χ4n) is 3.33. The standard InChI is InChI=1S/C26H26N4O4S/c1-4-33-23-14-19(9-12-22(23)31)16-27-28-26-30(17-21-6-5-13-34-21)25(32)24(35-26)15-18-7-10-20(11-8-18)29(2)3/h5-16,31H,4,17H2,1-3H3/b24-15-,27-16+,28-26-. The lowest BCUT2D eigenvalue weighted by atomic mass is 10.2. The number of anilines is 1. The largest absolute Gasteiger partial charge is 0.504 e. The zero-order valence-electron chi connectivity index (χ0n) is 19.7. The topological polar surface area (TPSA) is 90.9 Å². The molecule has 180 valence electrons. The summed E-state index contributed by atoms with van der Waals surface area (Å²) >= 11 is 1.26. The van der Waals surface area contributed by atoms with Crippen molar-refractivity contribution in [1.82, 2.24) is 4.90 Å². The first-order chi connectivity index (χ1) is 16.9. The molecule has 1 aliphatic heterocycles. The molecule has 4 rings (SSSR count). The molecule has 8 nitrogen and oxygen atoms in total. The van der Waals surface area contributed by atoms with Crippen LogP contribution < -0.4 is 9.64 Å². The summed E-state index contributed by atoms with van der Waals surface area (Å²) in [6.45, 7) is 2.53. The lowest BCUT2D eigenvalue weighted by Gasteiger charge is -2.12. The van der Waals surface area contributed by atoms with Crippen molar-refractivity contribution in [3.63, 3.8) is 0 Å². The second kappa shape index (κ2) is 11.0. The van der Waals surface area contributed by atoms with Crippen molar-refractivity contribution in [1.29, 1.82) is 0 Å². The third-order valence-corrected chi connectivity index (χ3v) is 6.12. The van der Waals surface area contributed by atoms with Crippen LogP contribution in [0, 0.1) is 0 Å². The molecule has 1 aliphatic rings. The predicted octanol–water partition coefficient (Wildman–Crippen LogP) is 4.96. The normalized spacial score (nSPS) is 16.1. The van der Waals surface area contributed by atoms with E-state index < -0.39 is 0 Å². The number of furan rings is 1. The van der Waals surface area contributed by atoms with E-state index in [1.165, 1.54) is 11.8 Å². The number of rotatable bonds is 8. The molecular weight excluding hydrogens is 464 g/mol. The molecule has 1 saturated heterocycles. The minimum atomic E-state index is -0.166. The van der Waals surface area contributed by atoms with Gasteiger partial charge in [0.2, 0.25) is 0 Å². The third-order valence-electron chi connectivity index (χ3n) is 5.12. The molecule has 35 heavy (non-hydrogen) atoms. The lowest BCUT2D eigenvalue weighted by molar-refractivity contribution is -0.122. The quantitative estimate of drug-likeness (QED) is 0.273. The Morgan fingerprint density at radius 1 is 1.14 bits per heavy atom. The van der Waals surface area contributed by atoms with E-state index in [1.54, 1.807) is 41.6 Å². The van der Waals surface area contributed by atoms with Crippen LogP contribution in [-0.4, -0.2) is 48.0 Å². The monoisotopic (exact) mass is 490 g/mol. The van der Waals surface area contributed by atoms with Gasteiger partial charge >= 0.3 is 0 Å². The van der Waals surface area contributed by atoms with Gasteiger partial charge in [-0.1, -0.05) is 12.1 Å². The van der Waals surface area contributed by atoms with Crippen LogP contribution in [0.2, 0.25) is 0 Å². The Morgan fingerprint density at radius 2 is 1.91 bits per heavy atom. The van der Waals surface area contributed by atoms with Gasteiger partial charge in [0, 0.05) is 19.8 Å². The number of carbonyl (C=O) groups excluding carboxylic acids is 1. The van der Waals surface area contributed by atoms with Crippen LogP contribution in [0.3, 0.4) is 0 Å². The van der Waals surface area contributed by atoms with Gasteiger partial charge < -0.3 is 19.2 Å². The van der Waals surface area contributed by atoms with Crippen LogP contribution in [0.1, 0.15) is 23.8 Å². The maximum Gasteiger partial charge on any atom is 0.267 e. The Balaban J connectivity index is 1.59. The van der Waals surface area contributed by atoms with Crippen molar-refractivity contribution in [2.45, 2.75) is 13.5 Å². The maximum atomic E-state index is 13.2. The van der Waals surface area contributed by atoms with Crippen molar-refractivity contribution in [3.8, 4) is 11.5 Å². The van der Waals surface area contributed by atoms with Gasteiger partial charge in [-0.3, -0.25) is 9.69 Å². The van der Waals surface area contributed by atoms with E-state index in [0.717, 1.165) is 11.3 Å². The second-order valence-electron chi connectivity index (χ2n) is 7.85. The van der Waals surface area contributed by atoms with E-state index in [0.29, 0.717) is 33.8 Å². The van der Waals surface area contributed by atoms with Crippen LogP contribution in [0.4, 0.5) is 5.69 Å². The molecule has 0 spiro atoms. The van der Waals surface area contributed by atoms with E-state index in [-0.39, 0.29) is 18.2 Å². The number of benzene rings is 2. The number of thioether (sulfide) groups is 1. The number of ether oxygens (including phenoxy) is 1. The molecule has 0 saturated carbocycles. The Hall–Kier alpha value is -3.98. The molecule has 2 aromatic carbocycles. The number of nitrogens with zero attached hydrogens (tertiary/aromatic N) is 4. The Labute approximate surface area is 208 Å². The maximum absolute atomic E-state index is 13.2. The number of carbonyl (C=O) groups is 1. The smallest absolute Gasteiger partial charge is 0.267 e. The summed E-state index contributed by atoms with van der Waals surface area (Å²) < 4.78 is 10.9. The van der Waals surface area contributed by atoms with Crippen LogP contribution in [-0.2, 0) is 11.3 Å². The molecule has 0 radical (unpaired) electrons. The second-order valence-corrected chi connectivity index (χ2v) is 8.86. The van der Waals surface area contributed by atoms with E-state index in [2.05, 4.69) is 10.2 Å². The summed E-state index contributed by atoms with van der Waals surface area (Å²) in [5.74, 6) is 0.914. The summed E-state index contributed by atoms with van der Waals surface area (Å²) in [7, 11) is 3.96. The van der Waals surface area contributed by atoms with Gasteiger partial charge in [0.15, 0.2) is 16.7 Å². The third kappa shape index (κ3) is 5.93. The Morgan fingerprint density at radius 3 is 2.60 bits per heavy atom. The van der Waals surface area contributed by atoms with E-state index >= 15 is 0 Å². The minimum absolute atomic E-state index is 0.0604. The molecular formula is C26H26N4O4S. The summed E-state index contributed by atoms with van der Waals surface area (Å²) in [5, 5.41) is 18.8. The first kappa shape index (κ1) is 24.2. The Kier molecular flexibility index (Phi) is 7.57. The number of amides is 1. The highest BCUT2D eigenvalue weighted by atomic mass is 32.2. The van der Waals surface area contributed by atoms with Crippen molar-refractivity contribution in [3.05, 3.63) is 82.7 Å². The van der Waals surface area contributed by atoms with E-state index in [9.17, 15) is 9.90 Å². The van der Waals surface area contributed by atoms with Crippen molar-refractivity contribution in [2.24, 2.45) is 10.2 Å². The molecule has 0 unspecified atom stereocenters. The molecule has 9 heteroatoms. The van der Waals surface area contributed by atoms with E-state index in [4.69, 9.17) is 9.15 Å². The van der Waals surface area contributed by atoms with Gasteiger partial charge in [0.05, 0.1) is 30.5 Å². The van der Waals surface area contributed by atoms with Gasteiger partial charge in [0.1, 0.15) is 5.76 Å². The predicted molar refractivity (Wildman–Crippen MR) is 140 cm³/mol. The average molecular weight is 491 g/mol. The first-order valence-electron chi connectivity index (χ1n) is 11.0. The molecule has 1 aromatic heterocycles. The van der Waals surface area contributed by atoms with Crippen molar-refractivity contribution < 1.29 is 19.1 Å². The molecule has 3 aromatic rings. The molecule has 1 N–H and O–H groups in total. The summed E-state index contributed by atoms with van der Waals surface area (Å²) in [5.41, 5.74) is 2.70. The summed E-state index contributed by atoms with van der Waals surface area (Å²) in [6, 6.07) is 16.5. The number of phenolic OH excluding ortho intramolecular Hbond substituents is 1. The fraction of sp³-hybridized carbons (Fsp3) is 0.192. The zero-order chi connectivity index (χ0) is 24.8. The fourth-order valence-corrected chi connectivity index (χ4v) is 4.26. The van der Waals surface area contributed by atoms with Crippen LogP contribution >= 0.6 is 11.8 Å². The molecule has 2 heterocycles. The highest BCUT2D eigenvalue weighted by molar-refractivity contribution is 8.18. The van der Waals surface area contributed by atoms with Gasteiger partial charge in [-0.2, -0.15) is 5.10 Å². The van der Waals surface area contributed by atoms with Gasteiger partial charge in [-0.05, 0) is 78.4 Å². The first-order valence-corrected chi connectivity index (χ1v) is 11.8. The zero-order valence-corrected chi connectivity index (χ0v) is 20.5. The minimum Gasteiger partial charge on any atom is -0.504 e. The number of hydrogen-bond acceptors (Lipinski definition) is 8. The van der Waals surface area contributed by atoms with Crippen molar-refractivity contribution >= 4 is 40.8 Å². The SMILES string of the molecule is CCOc1cc(/C=N/N=C2\S/C(=C\c3ccc(N(C)C)cc3)C(=O)N2Cc2ccco2)ccc1O. The summed E-state index contributed by atoms with van der Waals surface area (Å²) in [6.07, 6.45) is 4.97. The van der Waals surface area contributed by atoms with Crippen molar-refractivity contribution in [2.75, 3.05) is 25.6 Å². The highest BCUT2D eigenvalue weighted by Gasteiger charge is 2.34. The Bertz CT molecular complexity index is 1270. The van der Waals surface area contributed by atoms with Gasteiger partial charge in [-0.15, -0.1) is 5.10 Å². The number of amidine groups is 1. The number of aromatic hydroxyl groups is 1. The lowest BCUT2D eigenvalue weighted by Crippen LogP contribution is -2.28. The van der Waals surface area contributed by atoms with Crippen LogP contribution in [0.5, 0.6) is 11.5 Å². The van der Waals surface area contributed by atoms with Crippen LogP contribution in [0.25, 0.3) is 6.08 Å². The average Bonchev–Trinajstić information content (AvgIpc) is 3.46. The van der Waals surface area contributed by atoms with Crippen LogP contribution in [0.15, 0.2) is 80.4 Å².